The topological polar surface area (TPSA) is 144 Å². The molecule has 0 heterocycles. The van der Waals surface area contributed by atoms with E-state index in [1.807, 2.05) is 0 Å². The molecule has 9 nitrogen and oxygen atoms in total. The van der Waals surface area contributed by atoms with Crippen LogP contribution in [0, 0.1) is 21.0 Å². The lowest BCUT2D eigenvalue weighted by Crippen LogP contribution is -3.61. The van der Waals surface area contributed by atoms with Gasteiger partial charge in [0.05, 0.1) is 4.90 Å². The Bertz CT molecular complexity index is 2640. The van der Waals surface area contributed by atoms with Crippen LogP contribution in [0.4, 0.5) is 0 Å². The first-order valence-corrected chi connectivity index (χ1v) is 24.2. The molecule has 0 saturated carbocycles. The standard InChI is InChI=1S/C24H20O9S3.C20H26I/c1-16-3-8-20(9-4-16)35(28,29)32-23-14-18-7-12-22(34(25,26)27)13-19(18)15-24(23)33-36(30,31)21-10-5-17(2)6-11-21;1-19(2,3)15-7-11-17(12-8-15)21-18-13-9-16(10-14-18)20(4,5)6/h3-15H,1-2H3,(H,25,26,27);7-14H,1-6H3/q;+1/p-1. The molecule has 57 heavy (non-hydrogen) atoms. The van der Waals surface area contributed by atoms with E-state index in [2.05, 4.69) is 90.1 Å². The molecular formula is C44H45IO9S3. The highest BCUT2D eigenvalue weighted by atomic mass is 127. The van der Waals surface area contributed by atoms with E-state index in [-0.39, 0.29) is 52.6 Å². The van der Waals surface area contributed by atoms with Crippen molar-refractivity contribution in [2.24, 2.45) is 0 Å². The molecule has 0 unspecified atom stereocenters. The summed E-state index contributed by atoms with van der Waals surface area (Å²) in [4.78, 5) is -0.923. The fraction of sp³-hybridized carbons (Fsp3) is 0.227. The maximum Gasteiger partial charge on any atom is 0.357 e. The van der Waals surface area contributed by atoms with Gasteiger partial charge in [-0.3, -0.25) is 0 Å². The predicted molar refractivity (Wildman–Crippen MR) is 218 cm³/mol. The van der Waals surface area contributed by atoms with Crippen LogP contribution < -0.4 is 29.6 Å². The summed E-state index contributed by atoms with van der Waals surface area (Å²) >= 11 is -0.0703. The van der Waals surface area contributed by atoms with E-state index in [1.54, 1.807) is 38.1 Å². The maximum absolute atomic E-state index is 12.9. The largest absolute Gasteiger partial charge is 0.744 e. The van der Waals surface area contributed by atoms with Gasteiger partial charge in [-0.05, 0) is 119 Å². The lowest BCUT2D eigenvalue weighted by Gasteiger charge is -2.18. The number of aryl methyl sites for hydroxylation is 2. The summed E-state index contributed by atoms with van der Waals surface area (Å²) in [5.41, 5.74) is 4.93. The van der Waals surface area contributed by atoms with Crippen LogP contribution in [0.3, 0.4) is 0 Å². The van der Waals surface area contributed by atoms with E-state index in [1.165, 1.54) is 54.7 Å². The smallest absolute Gasteiger partial charge is 0.357 e. The summed E-state index contributed by atoms with van der Waals surface area (Å²) in [5, 5.41) is 0.387. The highest BCUT2D eigenvalue weighted by Gasteiger charge is 2.25. The molecule has 6 rings (SSSR count). The van der Waals surface area contributed by atoms with Crippen molar-refractivity contribution < 1.29 is 59.4 Å². The van der Waals surface area contributed by atoms with E-state index in [4.69, 9.17) is 8.37 Å². The predicted octanol–water partition coefficient (Wildman–Crippen LogP) is 6.31. The first kappa shape index (κ1) is 43.8. The average Bonchev–Trinajstić information content (AvgIpc) is 3.11. The van der Waals surface area contributed by atoms with E-state index >= 15 is 0 Å². The van der Waals surface area contributed by atoms with Crippen molar-refractivity contribution in [2.45, 2.75) is 80.9 Å². The molecule has 0 saturated heterocycles. The van der Waals surface area contributed by atoms with Crippen LogP contribution in [-0.2, 0) is 41.2 Å². The SMILES string of the molecule is CC(C)(C)c1ccc([I+]c2ccc(C(C)(C)C)cc2)cc1.Cc1ccc(S(=O)(=O)Oc2cc3ccc(S(=O)(=O)[O-])cc3cc2OS(=O)(=O)c2ccc(C)cc2)cc1. The number of hydrogen-bond donors (Lipinski definition) is 0. The third-order valence-electron chi connectivity index (χ3n) is 8.82. The molecule has 0 aromatic heterocycles. The van der Waals surface area contributed by atoms with Crippen molar-refractivity contribution in [1.29, 1.82) is 0 Å². The first-order chi connectivity index (χ1) is 26.4. The Labute approximate surface area is 347 Å². The van der Waals surface area contributed by atoms with Crippen LogP contribution in [0.15, 0.2) is 142 Å². The Balaban J connectivity index is 0.000000251. The summed E-state index contributed by atoms with van der Waals surface area (Å²) in [6, 6.07) is 35.6. The molecule has 0 aliphatic carbocycles. The van der Waals surface area contributed by atoms with Gasteiger partial charge in [0.2, 0.25) is 0 Å². The molecule has 0 bridgehead atoms. The van der Waals surface area contributed by atoms with E-state index in [9.17, 15) is 29.8 Å². The van der Waals surface area contributed by atoms with Crippen molar-refractivity contribution >= 4 is 41.1 Å². The molecule has 0 atom stereocenters. The molecule has 0 radical (unpaired) electrons. The number of rotatable bonds is 9. The van der Waals surface area contributed by atoms with Crippen LogP contribution in [0.1, 0.15) is 63.8 Å². The Kier molecular flexibility index (Phi) is 13.0. The second-order valence-electron chi connectivity index (χ2n) is 15.6. The summed E-state index contributed by atoms with van der Waals surface area (Å²) in [5.74, 6) is -0.962. The number of hydrogen-bond acceptors (Lipinski definition) is 9. The van der Waals surface area contributed by atoms with E-state index < -0.39 is 46.7 Å². The molecule has 6 aromatic carbocycles. The van der Waals surface area contributed by atoms with Gasteiger partial charge in [-0.1, -0.05) is 107 Å². The van der Waals surface area contributed by atoms with Crippen LogP contribution in [0.5, 0.6) is 11.5 Å². The maximum atomic E-state index is 12.9. The van der Waals surface area contributed by atoms with Gasteiger partial charge in [0.25, 0.3) is 0 Å². The molecule has 0 spiro atoms. The summed E-state index contributed by atoms with van der Waals surface area (Å²) in [6.07, 6.45) is 0. The van der Waals surface area contributed by atoms with E-state index in [0.717, 1.165) is 29.3 Å². The van der Waals surface area contributed by atoms with Crippen LogP contribution in [0.25, 0.3) is 10.8 Å². The summed E-state index contributed by atoms with van der Waals surface area (Å²) < 4.78 is 99.5. The molecule has 0 fully saturated rings. The molecular weight excluding hydrogens is 896 g/mol. The monoisotopic (exact) mass is 940 g/mol. The molecule has 0 aliphatic rings. The fourth-order valence-corrected chi connectivity index (χ4v) is 9.94. The quantitative estimate of drug-likeness (QED) is 0.0927. The fourth-order valence-electron chi connectivity index (χ4n) is 5.41. The molecule has 13 heteroatoms. The third-order valence-corrected chi connectivity index (χ3v) is 14.8. The van der Waals surface area contributed by atoms with Gasteiger partial charge in [0, 0.05) is 0 Å². The molecule has 6 aromatic rings. The zero-order valence-corrected chi connectivity index (χ0v) is 37.5. The van der Waals surface area contributed by atoms with Crippen molar-refractivity contribution in [3.8, 4) is 11.5 Å². The van der Waals surface area contributed by atoms with Gasteiger partial charge in [0.15, 0.2) is 18.6 Å². The summed E-state index contributed by atoms with van der Waals surface area (Å²) in [7, 11) is -13.6. The normalized spacial score (nSPS) is 12.4. The van der Waals surface area contributed by atoms with Crippen LogP contribution in [0.2, 0.25) is 0 Å². The van der Waals surface area contributed by atoms with Gasteiger partial charge in [0.1, 0.15) is 19.9 Å². The van der Waals surface area contributed by atoms with Gasteiger partial charge < -0.3 is 12.9 Å². The van der Waals surface area contributed by atoms with Gasteiger partial charge in [-0.2, -0.15) is 16.8 Å². The lowest BCUT2D eigenvalue weighted by molar-refractivity contribution is -0.597. The van der Waals surface area contributed by atoms with Gasteiger partial charge in [-0.25, -0.2) is 8.42 Å². The molecule has 0 aliphatic heterocycles. The minimum Gasteiger partial charge on any atom is -0.744 e. The van der Waals surface area contributed by atoms with E-state index in [0.29, 0.717) is 0 Å². The molecule has 0 N–H and O–H groups in total. The zero-order chi connectivity index (χ0) is 42.0. The Morgan fingerprint density at radius 1 is 0.456 bits per heavy atom. The molecule has 0 amide bonds. The van der Waals surface area contributed by atoms with Crippen molar-refractivity contribution in [3.63, 3.8) is 0 Å². The van der Waals surface area contributed by atoms with Gasteiger partial charge in [-0.15, -0.1) is 0 Å². The Morgan fingerprint density at radius 3 is 1.16 bits per heavy atom. The second kappa shape index (κ2) is 16.9. The van der Waals surface area contributed by atoms with Crippen molar-refractivity contribution in [2.75, 3.05) is 0 Å². The van der Waals surface area contributed by atoms with Crippen LogP contribution >= 0.6 is 0 Å². The highest BCUT2D eigenvalue weighted by molar-refractivity contribution is 7.87. The Morgan fingerprint density at radius 2 is 0.807 bits per heavy atom. The molecule has 300 valence electrons. The summed E-state index contributed by atoms with van der Waals surface area (Å²) in [6.45, 7) is 17.1. The highest BCUT2D eigenvalue weighted by Crippen LogP contribution is 2.37. The zero-order valence-electron chi connectivity index (χ0n) is 32.9. The Hall–Kier alpha value is -4.28. The second-order valence-corrected chi connectivity index (χ2v) is 23.1. The van der Waals surface area contributed by atoms with Crippen LogP contribution in [-0.4, -0.2) is 29.8 Å². The lowest BCUT2D eigenvalue weighted by atomic mass is 9.87. The average molecular weight is 941 g/mol. The third kappa shape index (κ3) is 11.7. The number of benzene rings is 6. The van der Waals surface area contributed by atoms with Crippen molar-refractivity contribution in [3.05, 3.63) is 157 Å². The first-order valence-electron chi connectivity index (χ1n) is 17.8. The number of halogens is 1. The van der Waals surface area contributed by atoms with Gasteiger partial charge >= 0.3 is 41.4 Å². The minimum absolute atomic E-state index is 0.0703. The number of fused-ring (bicyclic) bond motifs is 1. The van der Waals surface area contributed by atoms with Crippen molar-refractivity contribution in [1.82, 2.24) is 0 Å². The minimum atomic E-state index is -4.80.